The van der Waals surface area contributed by atoms with Gasteiger partial charge >= 0.3 is 0 Å². The highest BCUT2D eigenvalue weighted by molar-refractivity contribution is 6.33. The first-order valence-corrected chi connectivity index (χ1v) is 9.88. The topological polar surface area (TPSA) is 98.4 Å². The monoisotopic (exact) mass is 433 g/mol. The van der Waals surface area contributed by atoms with Crippen LogP contribution in [0.1, 0.15) is 11.4 Å². The summed E-state index contributed by atoms with van der Waals surface area (Å²) < 4.78 is 8.25. The minimum absolute atomic E-state index is 0.0972. The Morgan fingerprint density at radius 3 is 2.58 bits per heavy atom. The molecule has 0 saturated heterocycles. The fourth-order valence-corrected chi connectivity index (χ4v) is 3.68. The molecule has 8 nitrogen and oxygen atoms in total. The lowest BCUT2D eigenvalue weighted by molar-refractivity contribution is 0.283. The molecule has 0 saturated carbocycles. The minimum Gasteiger partial charge on any atom is -0.392 e. The molecule has 0 aliphatic heterocycles. The number of benzene rings is 2. The van der Waals surface area contributed by atoms with Crippen molar-refractivity contribution in [2.75, 3.05) is 0 Å². The van der Waals surface area contributed by atoms with Crippen LogP contribution < -0.4 is 5.56 Å². The third-order valence-corrected chi connectivity index (χ3v) is 5.28. The van der Waals surface area contributed by atoms with Gasteiger partial charge in [-0.1, -0.05) is 59.2 Å². The molecular weight excluding hydrogens is 418 g/mol. The Labute approximate surface area is 181 Å². The maximum Gasteiger partial charge on any atom is 0.277 e. The van der Waals surface area contributed by atoms with E-state index in [-0.39, 0.29) is 24.6 Å². The summed E-state index contributed by atoms with van der Waals surface area (Å²) in [5.41, 5.74) is 2.47. The van der Waals surface area contributed by atoms with E-state index in [1.165, 1.54) is 9.08 Å². The Morgan fingerprint density at radius 1 is 1.03 bits per heavy atom. The maximum atomic E-state index is 13.2. The van der Waals surface area contributed by atoms with Crippen molar-refractivity contribution in [1.29, 1.82) is 0 Å². The highest BCUT2D eigenvalue weighted by atomic mass is 35.5. The summed E-state index contributed by atoms with van der Waals surface area (Å²) in [7, 11) is 0. The Morgan fingerprint density at radius 2 is 1.81 bits per heavy atom. The number of hydrogen-bond donors (Lipinski definition) is 1. The number of aliphatic hydroxyl groups is 1. The average molecular weight is 434 g/mol. The number of nitrogens with zero attached hydrogens (tertiary/aromatic N) is 5. The molecule has 3 heterocycles. The van der Waals surface area contributed by atoms with E-state index in [4.69, 9.17) is 16.1 Å². The summed E-state index contributed by atoms with van der Waals surface area (Å²) in [4.78, 5) is 17.5. The number of rotatable bonds is 5. The van der Waals surface area contributed by atoms with E-state index in [0.29, 0.717) is 33.2 Å². The van der Waals surface area contributed by atoms with Crippen LogP contribution in [-0.2, 0) is 13.2 Å². The molecule has 0 bridgehead atoms. The van der Waals surface area contributed by atoms with E-state index in [1.54, 1.807) is 24.5 Å². The molecule has 0 atom stereocenters. The normalized spacial score (nSPS) is 11.3. The zero-order valence-corrected chi connectivity index (χ0v) is 16.9. The van der Waals surface area contributed by atoms with Crippen LogP contribution in [0.25, 0.3) is 28.2 Å². The molecule has 0 aliphatic carbocycles. The van der Waals surface area contributed by atoms with Crippen LogP contribution in [-0.4, -0.2) is 29.4 Å². The van der Waals surface area contributed by atoms with Crippen molar-refractivity contribution in [2.45, 2.75) is 13.2 Å². The molecule has 5 rings (SSSR count). The molecule has 31 heavy (non-hydrogen) atoms. The fourth-order valence-electron chi connectivity index (χ4n) is 3.47. The van der Waals surface area contributed by atoms with Gasteiger partial charge in [0, 0.05) is 23.5 Å². The number of fused-ring (bicyclic) bond motifs is 1. The molecule has 5 aromatic rings. The van der Waals surface area contributed by atoms with Crippen LogP contribution in [0.5, 0.6) is 0 Å². The Balaban J connectivity index is 1.54. The summed E-state index contributed by atoms with van der Waals surface area (Å²) in [5, 5.41) is 18.9. The quantitative estimate of drug-likeness (QED) is 0.456. The third kappa shape index (κ3) is 3.41. The van der Waals surface area contributed by atoms with Crippen molar-refractivity contribution in [3.63, 3.8) is 0 Å². The van der Waals surface area contributed by atoms with Crippen LogP contribution in [0.4, 0.5) is 0 Å². The molecule has 0 radical (unpaired) electrons. The SMILES string of the molecule is O=c1c2c(CO)c(-c3ccccc3)nn2ccn1Cc1noc(-c2ccccc2Cl)n1. The lowest BCUT2D eigenvalue weighted by Gasteiger charge is -2.03. The first-order valence-electron chi connectivity index (χ1n) is 9.50. The van der Waals surface area contributed by atoms with Crippen molar-refractivity contribution in [1.82, 2.24) is 24.3 Å². The predicted molar refractivity (Wildman–Crippen MR) is 115 cm³/mol. The highest BCUT2D eigenvalue weighted by Gasteiger charge is 2.19. The third-order valence-electron chi connectivity index (χ3n) is 4.95. The van der Waals surface area contributed by atoms with E-state index >= 15 is 0 Å². The van der Waals surface area contributed by atoms with Crippen LogP contribution in [0, 0.1) is 0 Å². The fraction of sp³-hybridized carbons (Fsp3) is 0.0909. The van der Waals surface area contributed by atoms with Gasteiger partial charge in [-0.25, -0.2) is 4.52 Å². The lowest BCUT2D eigenvalue weighted by Crippen LogP contribution is -2.23. The lowest BCUT2D eigenvalue weighted by atomic mass is 10.1. The van der Waals surface area contributed by atoms with Crippen molar-refractivity contribution in [3.8, 4) is 22.7 Å². The molecule has 0 spiro atoms. The van der Waals surface area contributed by atoms with Gasteiger partial charge in [-0.15, -0.1) is 0 Å². The molecular formula is C22H16ClN5O3. The minimum atomic E-state index is -0.315. The maximum absolute atomic E-state index is 13.2. The Kier molecular flexibility index (Phi) is 4.85. The predicted octanol–water partition coefficient (Wildman–Crippen LogP) is 3.41. The molecule has 0 unspecified atom stereocenters. The van der Waals surface area contributed by atoms with E-state index < -0.39 is 0 Å². The van der Waals surface area contributed by atoms with Crippen molar-refractivity contribution in [2.24, 2.45) is 0 Å². The molecule has 1 N–H and O–H groups in total. The van der Waals surface area contributed by atoms with Crippen molar-refractivity contribution < 1.29 is 9.63 Å². The first kappa shape index (κ1) is 19.2. The summed E-state index contributed by atoms with van der Waals surface area (Å²) in [6.45, 7) is -0.216. The zero-order valence-electron chi connectivity index (χ0n) is 16.1. The van der Waals surface area contributed by atoms with Crippen molar-refractivity contribution in [3.05, 3.63) is 93.8 Å². The van der Waals surface area contributed by atoms with E-state index in [2.05, 4.69) is 15.2 Å². The molecule has 0 aliphatic rings. The van der Waals surface area contributed by atoms with Gasteiger partial charge < -0.3 is 14.2 Å². The first-order chi connectivity index (χ1) is 15.2. The Hall–Kier alpha value is -3.75. The number of halogens is 1. The van der Waals surface area contributed by atoms with E-state index in [9.17, 15) is 9.90 Å². The van der Waals surface area contributed by atoms with Crippen molar-refractivity contribution >= 4 is 17.1 Å². The van der Waals surface area contributed by atoms with Gasteiger partial charge in [-0.2, -0.15) is 10.1 Å². The van der Waals surface area contributed by atoms with Gasteiger partial charge in [-0.3, -0.25) is 4.79 Å². The number of hydrogen-bond acceptors (Lipinski definition) is 6. The van der Waals surface area contributed by atoms with Gasteiger partial charge in [0.05, 0.1) is 29.4 Å². The molecule has 154 valence electrons. The van der Waals surface area contributed by atoms with E-state index in [1.807, 2.05) is 42.5 Å². The summed E-state index contributed by atoms with van der Waals surface area (Å²) in [6.07, 6.45) is 3.27. The standard InChI is InChI=1S/C22H16ClN5O3/c23-17-9-5-4-8-15(17)21-24-18(26-31-21)12-27-10-11-28-20(22(27)30)16(13-29)19(25-28)14-6-2-1-3-7-14/h1-11,29H,12-13H2. The molecule has 3 aromatic heterocycles. The Bertz CT molecular complexity index is 1440. The second-order valence-electron chi connectivity index (χ2n) is 6.87. The molecule has 2 aromatic carbocycles. The van der Waals surface area contributed by atoms with E-state index in [0.717, 1.165) is 5.56 Å². The zero-order chi connectivity index (χ0) is 21.4. The molecule has 9 heteroatoms. The van der Waals surface area contributed by atoms with Crippen LogP contribution in [0.15, 0.2) is 76.3 Å². The van der Waals surface area contributed by atoms with Crippen LogP contribution >= 0.6 is 11.6 Å². The van der Waals surface area contributed by atoms with Gasteiger partial charge in [0.1, 0.15) is 5.52 Å². The second-order valence-corrected chi connectivity index (χ2v) is 7.28. The largest absolute Gasteiger partial charge is 0.392 e. The summed E-state index contributed by atoms with van der Waals surface area (Å²) in [6, 6.07) is 16.6. The number of aliphatic hydroxyl groups excluding tert-OH is 1. The summed E-state index contributed by atoms with van der Waals surface area (Å²) >= 11 is 6.19. The van der Waals surface area contributed by atoms with Crippen LogP contribution in [0.2, 0.25) is 5.02 Å². The van der Waals surface area contributed by atoms with Crippen LogP contribution in [0.3, 0.4) is 0 Å². The number of aromatic nitrogens is 5. The second kappa shape index (κ2) is 7.82. The highest BCUT2D eigenvalue weighted by Crippen LogP contribution is 2.26. The smallest absolute Gasteiger partial charge is 0.277 e. The average Bonchev–Trinajstić information content (AvgIpc) is 3.41. The van der Waals surface area contributed by atoms with Gasteiger partial charge in [0.2, 0.25) is 0 Å². The summed E-state index contributed by atoms with van der Waals surface area (Å²) in [5.74, 6) is 0.608. The molecule has 0 amide bonds. The van der Waals surface area contributed by atoms with Gasteiger partial charge in [0.25, 0.3) is 11.4 Å². The molecule has 0 fully saturated rings. The van der Waals surface area contributed by atoms with Gasteiger partial charge in [0.15, 0.2) is 5.82 Å². The van der Waals surface area contributed by atoms with Gasteiger partial charge in [-0.05, 0) is 12.1 Å².